The van der Waals surface area contributed by atoms with Gasteiger partial charge in [0.05, 0.1) is 0 Å². The summed E-state index contributed by atoms with van der Waals surface area (Å²) in [4.78, 5) is 0. The first-order valence-electron chi connectivity index (χ1n) is 7.07. The third kappa shape index (κ3) is 3.39. The van der Waals surface area contributed by atoms with E-state index in [0.29, 0.717) is 0 Å². The van der Waals surface area contributed by atoms with Gasteiger partial charge in [-0.05, 0) is 31.0 Å². The number of nitrogens with one attached hydrogen (secondary N) is 1. The van der Waals surface area contributed by atoms with Crippen LogP contribution in [0.4, 0.5) is 0 Å². The van der Waals surface area contributed by atoms with E-state index < -0.39 is 0 Å². The number of terminal acetylenes is 1. The third-order valence-electron chi connectivity index (χ3n) is 3.33. The normalized spacial score (nSPS) is 10.7. The lowest BCUT2D eigenvalue weighted by molar-refractivity contribution is 0.658. The molecule has 1 aromatic heterocycles. The number of aryl methyl sites for hydroxylation is 1. The highest BCUT2D eigenvalue weighted by molar-refractivity contribution is 5.83. The molecule has 19 heavy (non-hydrogen) atoms. The van der Waals surface area contributed by atoms with Gasteiger partial charge in [-0.25, -0.2) is 0 Å². The van der Waals surface area contributed by atoms with Gasteiger partial charge < -0.3 is 9.88 Å². The molecular weight excluding hydrogens is 232 g/mol. The number of hydrogen-bond donors (Lipinski definition) is 1. The molecule has 1 N–H and O–H groups in total. The van der Waals surface area contributed by atoms with E-state index in [1.54, 1.807) is 0 Å². The van der Waals surface area contributed by atoms with E-state index in [1.807, 2.05) is 0 Å². The molecule has 0 saturated heterocycles. The van der Waals surface area contributed by atoms with Crippen LogP contribution in [0.25, 0.3) is 10.9 Å². The van der Waals surface area contributed by atoms with Crippen molar-refractivity contribution >= 4 is 10.9 Å². The van der Waals surface area contributed by atoms with E-state index in [-0.39, 0.29) is 0 Å². The van der Waals surface area contributed by atoms with Crippen LogP contribution < -0.4 is 5.32 Å². The van der Waals surface area contributed by atoms with Gasteiger partial charge in [0.25, 0.3) is 0 Å². The van der Waals surface area contributed by atoms with Gasteiger partial charge in [0.1, 0.15) is 0 Å². The van der Waals surface area contributed by atoms with Crippen LogP contribution in [0.1, 0.15) is 31.7 Å². The molecule has 0 aliphatic carbocycles. The minimum atomic E-state index is 0.843. The molecule has 2 heteroatoms. The summed E-state index contributed by atoms with van der Waals surface area (Å²) in [6.07, 6.45) is 10.6. The molecule has 2 nitrogen and oxygen atoms in total. The van der Waals surface area contributed by atoms with Crippen LogP contribution >= 0.6 is 0 Å². The summed E-state index contributed by atoms with van der Waals surface area (Å²) >= 11 is 0. The van der Waals surface area contributed by atoms with Gasteiger partial charge in [0, 0.05) is 36.6 Å². The molecule has 0 amide bonds. The van der Waals surface area contributed by atoms with Crippen molar-refractivity contribution in [3.8, 4) is 12.3 Å². The average Bonchev–Trinajstić information content (AvgIpc) is 2.79. The largest absolute Gasteiger partial charge is 0.347 e. The minimum absolute atomic E-state index is 0.843. The van der Waals surface area contributed by atoms with Gasteiger partial charge in [0.2, 0.25) is 0 Å². The molecule has 0 radical (unpaired) electrons. The van der Waals surface area contributed by atoms with Crippen molar-refractivity contribution in [1.29, 1.82) is 0 Å². The van der Waals surface area contributed by atoms with Crippen LogP contribution in [-0.2, 0) is 13.1 Å². The monoisotopic (exact) mass is 254 g/mol. The Morgan fingerprint density at radius 2 is 2.16 bits per heavy atom. The first-order valence-corrected chi connectivity index (χ1v) is 7.07. The van der Waals surface area contributed by atoms with Crippen molar-refractivity contribution in [2.45, 2.75) is 39.3 Å². The maximum atomic E-state index is 5.32. The zero-order valence-corrected chi connectivity index (χ0v) is 11.7. The van der Waals surface area contributed by atoms with Crippen LogP contribution in [0, 0.1) is 12.3 Å². The lowest BCUT2D eigenvalue weighted by atomic mass is 10.2. The van der Waals surface area contributed by atoms with Gasteiger partial charge in [-0.3, -0.25) is 0 Å². The van der Waals surface area contributed by atoms with Crippen LogP contribution in [0.5, 0.6) is 0 Å². The highest BCUT2D eigenvalue weighted by Gasteiger charge is 2.07. The van der Waals surface area contributed by atoms with Crippen LogP contribution in [0.2, 0.25) is 0 Å². The fourth-order valence-electron chi connectivity index (χ4n) is 2.40. The fourth-order valence-corrected chi connectivity index (χ4v) is 2.40. The third-order valence-corrected chi connectivity index (χ3v) is 3.33. The fraction of sp³-hybridized carbons (Fsp3) is 0.412. The standard InChI is InChI=1S/C17H22N2/c1-3-5-8-12-19-14-15(13-18-11-4-2)16-9-6-7-10-17(16)19/h1,6-7,9-10,14,18H,4-5,8,11-13H2,2H3. The van der Waals surface area contributed by atoms with Crippen molar-refractivity contribution in [2.24, 2.45) is 0 Å². The maximum absolute atomic E-state index is 5.32. The highest BCUT2D eigenvalue weighted by atomic mass is 15.0. The Balaban J connectivity index is 2.19. The number of fused-ring (bicyclic) bond motifs is 1. The summed E-state index contributed by atoms with van der Waals surface area (Å²) < 4.78 is 2.33. The number of unbranched alkanes of at least 4 members (excludes halogenated alkanes) is 1. The first kappa shape index (κ1) is 13.7. The molecule has 0 aliphatic rings. The van der Waals surface area contributed by atoms with Crippen molar-refractivity contribution in [2.75, 3.05) is 6.54 Å². The van der Waals surface area contributed by atoms with Crippen LogP contribution in [-0.4, -0.2) is 11.1 Å². The molecule has 0 saturated carbocycles. The summed E-state index contributed by atoms with van der Waals surface area (Å²) in [7, 11) is 0. The van der Waals surface area contributed by atoms with Crippen LogP contribution in [0.3, 0.4) is 0 Å². The van der Waals surface area contributed by atoms with E-state index in [9.17, 15) is 0 Å². The molecule has 0 unspecified atom stereocenters. The summed E-state index contributed by atoms with van der Waals surface area (Å²) in [6, 6.07) is 8.60. The highest BCUT2D eigenvalue weighted by Crippen LogP contribution is 2.21. The molecule has 0 atom stereocenters. The quantitative estimate of drug-likeness (QED) is 0.590. The molecule has 100 valence electrons. The smallest absolute Gasteiger partial charge is 0.0483 e. The lowest BCUT2D eigenvalue weighted by Crippen LogP contribution is -2.13. The summed E-state index contributed by atoms with van der Waals surface area (Å²) in [6.45, 7) is 5.20. The number of rotatable bonds is 7. The van der Waals surface area contributed by atoms with Gasteiger partial charge in [-0.1, -0.05) is 25.1 Å². The predicted molar refractivity (Wildman–Crippen MR) is 82.0 cm³/mol. The molecule has 0 bridgehead atoms. The Hall–Kier alpha value is -1.72. The van der Waals surface area contributed by atoms with Crippen molar-refractivity contribution in [1.82, 2.24) is 9.88 Å². The lowest BCUT2D eigenvalue weighted by Gasteiger charge is -2.02. The first-order chi connectivity index (χ1) is 9.36. The van der Waals surface area contributed by atoms with Gasteiger partial charge in [-0.15, -0.1) is 12.3 Å². The SMILES string of the molecule is C#CCCCn1cc(CNCCC)c2ccccc21. The van der Waals surface area contributed by atoms with E-state index >= 15 is 0 Å². The molecule has 0 spiro atoms. The number of para-hydroxylation sites is 1. The number of hydrogen-bond acceptors (Lipinski definition) is 1. The minimum Gasteiger partial charge on any atom is -0.347 e. The van der Waals surface area contributed by atoms with E-state index in [2.05, 4.69) is 53.2 Å². The van der Waals surface area contributed by atoms with Crippen molar-refractivity contribution in [3.63, 3.8) is 0 Å². The van der Waals surface area contributed by atoms with Crippen molar-refractivity contribution < 1.29 is 0 Å². The Labute approximate surface area is 115 Å². The molecule has 0 fully saturated rings. The average molecular weight is 254 g/mol. The van der Waals surface area contributed by atoms with Gasteiger partial charge in [-0.2, -0.15) is 0 Å². The summed E-state index contributed by atoms with van der Waals surface area (Å²) in [5.41, 5.74) is 2.69. The summed E-state index contributed by atoms with van der Waals surface area (Å²) in [5, 5.41) is 4.83. The topological polar surface area (TPSA) is 17.0 Å². The summed E-state index contributed by atoms with van der Waals surface area (Å²) in [5.74, 6) is 2.71. The second kappa shape index (κ2) is 7.01. The maximum Gasteiger partial charge on any atom is 0.0483 e. The number of benzene rings is 1. The predicted octanol–water partition coefficient (Wildman–Crippen LogP) is 3.55. The van der Waals surface area contributed by atoms with E-state index in [4.69, 9.17) is 6.42 Å². The van der Waals surface area contributed by atoms with Crippen LogP contribution in [0.15, 0.2) is 30.5 Å². The van der Waals surface area contributed by atoms with Gasteiger partial charge in [0.15, 0.2) is 0 Å². The zero-order chi connectivity index (χ0) is 13.5. The molecule has 1 aromatic carbocycles. The molecule has 0 aliphatic heterocycles. The number of aromatic nitrogens is 1. The van der Waals surface area contributed by atoms with Crippen molar-refractivity contribution in [3.05, 3.63) is 36.0 Å². The Bertz CT molecular complexity index is 560. The van der Waals surface area contributed by atoms with E-state index in [1.165, 1.54) is 22.9 Å². The van der Waals surface area contributed by atoms with E-state index in [0.717, 1.165) is 32.5 Å². The molecule has 2 rings (SSSR count). The number of nitrogens with zero attached hydrogens (tertiary/aromatic N) is 1. The Morgan fingerprint density at radius 3 is 2.95 bits per heavy atom. The molecule has 1 heterocycles. The molecular formula is C17H22N2. The Morgan fingerprint density at radius 1 is 1.32 bits per heavy atom. The second-order valence-electron chi connectivity index (χ2n) is 4.85. The van der Waals surface area contributed by atoms with Gasteiger partial charge >= 0.3 is 0 Å². The zero-order valence-electron chi connectivity index (χ0n) is 11.7. The molecule has 2 aromatic rings. The second-order valence-corrected chi connectivity index (χ2v) is 4.85. The Kier molecular flexibility index (Phi) is 5.06.